The summed E-state index contributed by atoms with van der Waals surface area (Å²) in [7, 11) is 1.49. The molecule has 2 atom stereocenters. The number of rotatable bonds is 6. The molecule has 4 aromatic rings. The van der Waals surface area contributed by atoms with Crippen LogP contribution >= 0.6 is 23.2 Å². The van der Waals surface area contributed by atoms with Gasteiger partial charge in [0.2, 0.25) is 11.8 Å². The summed E-state index contributed by atoms with van der Waals surface area (Å²) in [6, 6.07) is 27.3. The Bertz CT molecular complexity index is 1730. The zero-order valence-corrected chi connectivity index (χ0v) is 24.3. The molecule has 0 aromatic heterocycles. The topological polar surface area (TPSA) is 90.0 Å². The number of ketones is 1. The number of hydrogen-bond acceptors (Lipinski definition) is 6. The highest BCUT2D eigenvalue weighted by Gasteiger charge is 2.73. The van der Waals surface area contributed by atoms with E-state index in [4.69, 9.17) is 32.7 Å². The third-order valence-electron chi connectivity index (χ3n) is 8.67. The van der Waals surface area contributed by atoms with Crippen LogP contribution < -0.4 is 9.64 Å². The first-order chi connectivity index (χ1) is 20.7. The first-order valence-corrected chi connectivity index (χ1v) is 14.4. The van der Waals surface area contributed by atoms with E-state index in [0.717, 1.165) is 27.2 Å². The van der Waals surface area contributed by atoms with Gasteiger partial charge in [0, 0.05) is 5.56 Å². The Hall–Kier alpha value is -4.46. The Labute approximate surface area is 256 Å². The predicted molar refractivity (Wildman–Crippen MR) is 160 cm³/mol. The number of methoxy groups -OCH3 is 1. The largest absolute Gasteiger partial charge is 0.497 e. The molecule has 3 aliphatic carbocycles. The molecule has 43 heavy (non-hydrogen) atoms. The second-order valence-electron chi connectivity index (χ2n) is 10.8. The van der Waals surface area contributed by atoms with E-state index in [-0.39, 0.29) is 17.0 Å². The molecule has 9 heteroatoms. The predicted octanol–water partition coefficient (Wildman–Crippen LogP) is 5.83. The average molecular weight is 612 g/mol. The van der Waals surface area contributed by atoms with Gasteiger partial charge in [0.1, 0.15) is 15.5 Å². The minimum atomic E-state index is -1.28. The number of esters is 1. The van der Waals surface area contributed by atoms with Gasteiger partial charge in [-0.05, 0) is 58.7 Å². The summed E-state index contributed by atoms with van der Waals surface area (Å²) in [5.74, 6) is -3.39. The molecule has 4 aliphatic rings. The maximum Gasteiger partial charge on any atom is 0.338 e. The van der Waals surface area contributed by atoms with Crippen LogP contribution in [0.1, 0.15) is 43.0 Å². The molecular formula is C34H23Cl2NO6. The van der Waals surface area contributed by atoms with Crippen molar-refractivity contribution in [3.63, 3.8) is 0 Å². The Kier molecular flexibility index (Phi) is 6.24. The number of ether oxygens (including phenoxy) is 2. The molecule has 0 unspecified atom stereocenters. The summed E-state index contributed by atoms with van der Waals surface area (Å²) < 4.78 is 10.4. The number of hydrogen-bond donors (Lipinski definition) is 0. The summed E-state index contributed by atoms with van der Waals surface area (Å²) in [5.41, 5.74) is 3.66. The highest BCUT2D eigenvalue weighted by molar-refractivity contribution is 6.38. The maximum absolute atomic E-state index is 14.1. The Morgan fingerprint density at radius 3 is 1.72 bits per heavy atom. The number of anilines is 1. The fourth-order valence-electron chi connectivity index (χ4n) is 6.76. The second-order valence-corrected chi connectivity index (χ2v) is 12.0. The zero-order valence-electron chi connectivity index (χ0n) is 22.8. The number of amides is 2. The van der Waals surface area contributed by atoms with Gasteiger partial charge in [0.05, 0.1) is 30.2 Å². The van der Waals surface area contributed by atoms with Crippen molar-refractivity contribution >= 4 is 52.5 Å². The molecule has 2 bridgehead atoms. The monoisotopic (exact) mass is 611 g/mol. The molecule has 0 radical (unpaired) electrons. The zero-order chi connectivity index (χ0) is 30.1. The molecule has 0 N–H and O–H groups in total. The van der Waals surface area contributed by atoms with E-state index in [1.807, 2.05) is 48.5 Å². The molecule has 1 fully saturated rings. The maximum atomic E-state index is 14.1. The van der Waals surface area contributed by atoms with Crippen molar-refractivity contribution in [1.29, 1.82) is 0 Å². The number of alkyl halides is 2. The Morgan fingerprint density at radius 2 is 1.23 bits per heavy atom. The van der Waals surface area contributed by atoms with E-state index >= 15 is 0 Å². The smallest absolute Gasteiger partial charge is 0.338 e. The van der Waals surface area contributed by atoms with Gasteiger partial charge in [-0.15, -0.1) is 23.2 Å². The molecule has 2 amide bonds. The fraction of sp³-hybridized carbons (Fsp3) is 0.176. The molecule has 0 spiro atoms. The quantitative estimate of drug-likeness (QED) is 0.118. The molecule has 4 aromatic carbocycles. The lowest BCUT2D eigenvalue weighted by Gasteiger charge is -2.54. The van der Waals surface area contributed by atoms with E-state index in [9.17, 15) is 19.2 Å². The van der Waals surface area contributed by atoms with Gasteiger partial charge in [-0.2, -0.15) is 0 Å². The van der Waals surface area contributed by atoms with Crippen LogP contribution in [0.4, 0.5) is 5.69 Å². The molecule has 0 saturated carbocycles. The number of carbonyl (C=O) groups excluding carboxylic acids is 4. The lowest BCUT2D eigenvalue weighted by atomic mass is 9.54. The lowest BCUT2D eigenvalue weighted by Crippen LogP contribution is -2.57. The van der Waals surface area contributed by atoms with Crippen molar-refractivity contribution in [2.45, 2.75) is 9.75 Å². The van der Waals surface area contributed by atoms with Gasteiger partial charge in [-0.1, -0.05) is 60.7 Å². The van der Waals surface area contributed by atoms with E-state index in [0.29, 0.717) is 11.3 Å². The lowest BCUT2D eigenvalue weighted by molar-refractivity contribution is -0.122. The SMILES string of the molecule is COc1cccc(C(=O)COC(=O)c2ccc(N3C(=O)[C@H]4[C@H](C3=O)C3(Cl)c5ccccc5C4(Cl)c4ccccc43)cc2)c1. The fourth-order valence-corrected chi connectivity index (χ4v) is 7.86. The van der Waals surface area contributed by atoms with E-state index in [2.05, 4.69) is 0 Å². The van der Waals surface area contributed by atoms with Crippen LogP contribution in [-0.4, -0.2) is 37.3 Å². The Balaban J connectivity index is 1.16. The third-order valence-corrected chi connectivity index (χ3v) is 9.96. The number of imide groups is 1. The van der Waals surface area contributed by atoms with Crippen molar-refractivity contribution in [2.75, 3.05) is 18.6 Å². The van der Waals surface area contributed by atoms with Crippen molar-refractivity contribution in [3.05, 3.63) is 130 Å². The summed E-state index contributed by atoms with van der Waals surface area (Å²) >= 11 is 14.9. The second kappa shape index (κ2) is 9.79. The molecule has 1 aliphatic heterocycles. The number of Topliss-reactive ketones (excluding diaryl/α,β-unsaturated/α-hetero) is 1. The van der Waals surface area contributed by atoms with Gasteiger partial charge in [0.25, 0.3) is 0 Å². The van der Waals surface area contributed by atoms with Crippen molar-refractivity contribution in [3.8, 4) is 5.75 Å². The van der Waals surface area contributed by atoms with Crippen molar-refractivity contribution < 1.29 is 28.7 Å². The van der Waals surface area contributed by atoms with Crippen molar-refractivity contribution in [1.82, 2.24) is 0 Å². The molecule has 1 heterocycles. The van der Waals surface area contributed by atoms with Crippen molar-refractivity contribution in [2.24, 2.45) is 11.8 Å². The van der Waals surface area contributed by atoms with Crippen LogP contribution in [0, 0.1) is 11.8 Å². The number of nitrogens with zero attached hydrogens (tertiary/aromatic N) is 1. The van der Waals surface area contributed by atoms with E-state index in [1.165, 1.54) is 31.4 Å². The highest BCUT2D eigenvalue weighted by Crippen LogP contribution is 2.69. The van der Waals surface area contributed by atoms with Gasteiger partial charge < -0.3 is 9.47 Å². The molecular weight excluding hydrogens is 589 g/mol. The minimum Gasteiger partial charge on any atom is -0.497 e. The molecule has 214 valence electrons. The number of carbonyl (C=O) groups is 4. The standard InChI is InChI=1S/C34H23Cl2NO6/c1-42-22-8-6-7-20(17-22)27(38)18-43-32(41)19-13-15-21(16-14-19)37-30(39)28-29(31(37)40)34(36)24-10-3-2-9-23(24)33(28,35)25-11-4-5-12-26(25)34/h2-17,28-29H,18H2,1H3/t28-,29-,33?,34?/m1/s1. The van der Waals surface area contributed by atoms with Gasteiger partial charge in [-0.3, -0.25) is 14.4 Å². The molecule has 8 rings (SSSR count). The van der Waals surface area contributed by atoms with Crippen LogP contribution in [0.3, 0.4) is 0 Å². The van der Waals surface area contributed by atoms with Gasteiger partial charge >= 0.3 is 5.97 Å². The van der Waals surface area contributed by atoms with Crippen LogP contribution in [0.5, 0.6) is 5.75 Å². The van der Waals surface area contributed by atoms with Crippen LogP contribution in [0.25, 0.3) is 0 Å². The van der Waals surface area contributed by atoms with Gasteiger partial charge in [-0.25, -0.2) is 9.69 Å². The minimum absolute atomic E-state index is 0.154. The normalized spacial score (nSPS) is 24.7. The highest BCUT2D eigenvalue weighted by atomic mass is 35.5. The number of benzene rings is 4. The summed E-state index contributed by atoms with van der Waals surface area (Å²) in [6.45, 7) is -0.461. The van der Waals surface area contributed by atoms with Gasteiger partial charge in [0.15, 0.2) is 12.4 Å². The van der Waals surface area contributed by atoms with Crippen LogP contribution in [0.15, 0.2) is 97.1 Å². The first kappa shape index (κ1) is 27.4. The summed E-state index contributed by atoms with van der Waals surface area (Å²) in [5, 5.41) is 0. The molecule has 1 saturated heterocycles. The summed E-state index contributed by atoms with van der Waals surface area (Å²) in [4.78, 5) is 52.0. The van der Waals surface area contributed by atoms with Crippen LogP contribution in [0.2, 0.25) is 0 Å². The first-order valence-electron chi connectivity index (χ1n) is 13.6. The third kappa shape index (κ3) is 3.74. The number of halogens is 2. The molecule has 7 nitrogen and oxygen atoms in total. The van der Waals surface area contributed by atoms with E-state index in [1.54, 1.807) is 24.3 Å². The average Bonchev–Trinajstić information content (AvgIpc) is 3.33. The Morgan fingerprint density at radius 1 is 0.721 bits per heavy atom. The van der Waals surface area contributed by atoms with E-state index < -0.39 is 46.0 Å². The van der Waals surface area contributed by atoms with Crippen LogP contribution in [-0.2, 0) is 24.1 Å². The summed E-state index contributed by atoms with van der Waals surface area (Å²) in [6.07, 6.45) is 0.